The van der Waals surface area contributed by atoms with Crippen LogP contribution in [0.3, 0.4) is 0 Å². The van der Waals surface area contributed by atoms with E-state index < -0.39 is 0 Å². The highest BCUT2D eigenvalue weighted by molar-refractivity contribution is 6.14. The van der Waals surface area contributed by atoms with Crippen molar-refractivity contribution in [1.82, 2.24) is 4.90 Å². The van der Waals surface area contributed by atoms with E-state index in [1.165, 1.54) is 0 Å². The van der Waals surface area contributed by atoms with Gasteiger partial charge in [-0.25, -0.2) is 4.99 Å². The van der Waals surface area contributed by atoms with Crippen molar-refractivity contribution < 1.29 is 14.4 Å². The van der Waals surface area contributed by atoms with Gasteiger partial charge in [-0.15, -0.1) is 0 Å². The van der Waals surface area contributed by atoms with E-state index in [0.29, 0.717) is 43.3 Å². The zero-order chi connectivity index (χ0) is 16.2. The average Bonchev–Trinajstić information content (AvgIpc) is 2.99. The molecule has 1 aromatic carbocycles. The van der Waals surface area contributed by atoms with Gasteiger partial charge in [0.2, 0.25) is 0 Å². The first-order valence-electron chi connectivity index (χ1n) is 7.30. The summed E-state index contributed by atoms with van der Waals surface area (Å²) in [5.74, 6) is 0.705. The molecule has 120 valence electrons. The Hall–Kier alpha value is -2.67. The molecule has 0 N–H and O–H groups in total. The van der Waals surface area contributed by atoms with Crippen LogP contribution in [-0.4, -0.2) is 49.5 Å². The van der Waals surface area contributed by atoms with E-state index >= 15 is 0 Å². The molecule has 2 aliphatic heterocycles. The SMILES string of the molecule is COc1ccc(C2=C([N+](=O)[O-])C(=CN3CCOCC3)N=C2)cc1. The third-order valence-electron chi connectivity index (χ3n) is 3.76. The Labute approximate surface area is 133 Å². The number of aliphatic imine (C=N–C) groups is 1. The Morgan fingerprint density at radius 1 is 1.30 bits per heavy atom. The number of nitro groups is 1. The van der Waals surface area contributed by atoms with Gasteiger partial charge in [-0.1, -0.05) is 12.1 Å². The number of methoxy groups -OCH3 is 1. The van der Waals surface area contributed by atoms with Gasteiger partial charge in [-0.2, -0.15) is 0 Å². The Morgan fingerprint density at radius 2 is 2.00 bits per heavy atom. The fourth-order valence-corrected chi connectivity index (χ4v) is 2.54. The molecule has 1 saturated heterocycles. The minimum atomic E-state index is -0.376. The summed E-state index contributed by atoms with van der Waals surface area (Å²) in [4.78, 5) is 17.4. The van der Waals surface area contributed by atoms with Gasteiger partial charge in [-0.3, -0.25) is 10.1 Å². The number of ether oxygens (including phenoxy) is 2. The summed E-state index contributed by atoms with van der Waals surface area (Å²) in [5.41, 5.74) is 1.66. The van der Waals surface area contributed by atoms with Crippen molar-refractivity contribution in [2.45, 2.75) is 0 Å². The van der Waals surface area contributed by atoms with Gasteiger partial charge >= 0.3 is 5.70 Å². The van der Waals surface area contributed by atoms with Crippen LogP contribution in [0, 0.1) is 10.1 Å². The molecule has 0 spiro atoms. The highest BCUT2D eigenvalue weighted by Crippen LogP contribution is 2.30. The molecular formula is C16H17N3O4. The second-order valence-corrected chi connectivity index (χ2v) is 5.17. The summed E-state index contributed by atoms with van der Waals surface area (Å²) < 4.78 is 10.4. The molecule has 0 atom stereocenters. The van der Waals surface area contributed by atoms with Crippen molar-refractivity contribution in [3.63, 3.8) is 0 Å². The summed E-state index contributed by atoms with van der Waals surface area (Å²) in [6.45, 7) is 2.66. The Kier molecular flexibility index (Phi) is 4.38. The summed E-state index contributed by atoms with van der Waals surface area (Å²) in [7, 11) is 1.58. The van der Waals surface area contributed by atoms with Gasteiger partial charge in [0.25, 0.3) is 0 Å². The topological polar surface area (TPSA) is 77.2 Å². The molecule has 23 heavy (non-hydrogen) atoms. The lowest BCUT2D eigenvalue weighted by molar-refractivity contribution is -0.419. The molecule has 2 aliphatic rings. The lowest BCUT2D eigenvalue weighted by Gasteiger charge is -2.25. The Morgan fingerprint density at radius 3 is 2.61 bits per heavy atom. The molecule has 1 fully saturated rings. The van der Waals surface area contributed by atoms with E-state index in [-0.39, 0.29) is 10.6 Å². The molecule has 0 amide bonds. The van der Waals surface area contributed by atoms with Gasteiger partial charge in [0, 0.05) is 25.5 Å². The smallest absolute Gasteiger partial charge is 0.305 e. The average molecular weight is 315 g/mol. The monoisotopic (exact) mass is 315 g/mol. The number of hydrogen-bond acceptors (Lipinski definition) is 6. The predicted octanol–water partition coefficient (Wildman–Crippen LogP) is 1.94. The van der Waals surface area contributed by atoms with Crippen LogP contribution in [0.4, 0.5) is 0 Å². The largest absolute Gasteiger partial charge is 0.497 e. The first kappa shape index (κ1) is 15.2. The first-order chi connectivity index (χ1) is 11.2. The maximum absolute atomic E-state index is 11.5. The number of morpholine rings is 1. The van der Waals surface area contributed by atoms with Crippen LogP contribution in [0.1, 0.15) is 5.56 Å². The van der Waals surface area contributed by atoms with Gasteiger partial charge in [0.15, 0.2) is 5.70 Å². The summed E-state index contributed by atoms with van der Waals surface area (Å²) in [5, 5.41) is 11.5. The van der Waals surface area contributed by atoms with Gasteiger partial charge in [0.1, 0.15) is 5.75 Å². The van der Waals surface area contributed by atoms with Gasteiger partial charge < -0.3 is 14.4 Å². The maximum atomic E-state index is 11.5. The molecule has 2 heterocycles. The number of hydrogen-bond donors (Lipinski definition) is 0. The second kappa shape index (κ2) is 6.62. The zero-order valence-corrected chi connectivity index (χ0v) is 12.8. The summed E-state index contributed by atoms with van der Waals surface area (Å²) in [6.07, 6.45) is 3.29. The minimum absolute atomic E-state index is 0.0293. The molecular weight excluding hydrogens is 298 g/mol. The van der Waals surface area contributed by atoms with Crippen LogP contribution in [0.15, 0.2) is 46.9 Å². The molecule has 7 heteroatoms. The first-order valence-corrected chi connectivity index (χ1v) is 7.30. The highest BCUT2D eigenvalue weighted by Gasteiger charge is 2.29. The lowest BCUT2D eigenvalue weighted by atomic mass is 10.1. The van der Waals surface area contributed by atoms with Crippen molar-refractivity contribution in [2.75, 3.05) is 33.4 Å². The molecule has 3 rings (SSSR count). The van der Waals surface area contributed by atoms with Crippen LogP contribution < -0.4 is 4.74 Å². The summed E-state index contributed by atoms with van der Waals surface area (Å²) in [6, 6.07) is 7.14. The third-order valence-corrected chi connectivity index (χ3v) is 3.76. The Bertz CT molecular complexity index is 686. The fourth-order valence-electron chi connectivity index (χ4n) is 2.54. The molecule has 1 aromatic rings. The number of rotatable bonds is 4. The van der Waals surface area contributed by atoms with E-state index in [9.17, 15) is 10.1 Å². The second-order valence-electron chi connectivity index (χ2n) is 5.17. The van der Waals surface area contributed by atoms with Crippen LogP contribution in [0.2, 0.25) is 0 Å². The number of allylic oxidation sites excluding steroid dienone is 1. The van der Waals surface area contributed by atoms with Crippen molar-refractivity contribution >= 4 is 11.8 Å². The zero-order valence-electron chi connectivity index (χ0n) is 12.8. The highest BCUT2D eigenvalue weighted by atomic mass is 16.6. The van der Waals surface area contributed by atoms with Crippen molar-refractivity contribution in [3.05, 3.63) is 57.5 Å². The van der Waals surface area contributed by atoms with Gasteiger partial charge in [-0.05, 0) is 17.7 Å². The molecule has 7 nitrogen and oxygen atoms in total. The summed E-state index contributed by atoms with van der Waals surface area (Å²) >= 11 is 0. The van der Waals surface area contributed by atoms with Crippen molar-refractivity contribution in [3.8, 4) is 5.75 Å². The van der Waals surface area contributed by atoms with E-state index in [1.54, 1.807) is 43.8 Å². The quantitative estimate of drug-likeness (QED) is 0.627. The van der Waals surface area contributed by atoms with E-state index in [1.807, 2.05) is 4.90 Å². The molecule has 0 aliphatic carbocycles. The van der Waals surface area contributed by atoms with E-state index in [4.69, 9.17) is 9.47 Å². The fraction of sp³-hybridized carbons (Fsp3) is 0.312. The van der Waals surface area contributed by atoms with Crippen LogP contribution >= 0.6 is 0 Å². The standard InChI is InChI=1S/C16H17N3O4/c1-22-13-4-2-12(3-5-13)14-10-17-15(16(14)19(20)21)11-18-6-8-23-9-7-18/h2-5,10-11H,6-9H2,1H3. The molecule has 0 saturated carbocycles. The minimum Gasteiger partial charge on any atom is -0.497 e. The van der Waals surface area contributed by atoms with Crippen molar-refractivity contribution in [2.24, 2.45) is 4.99 Å². The van der Waals surface area contributed by atoms with Crippen molar-refractivity contribution in [1.29, 1.82) is 0 Å². The predicted molar refractivity (Wildman–Crippen MR) is 85.9 cm³/mol. The maximum Gasteiger partial charge on any atom is 0.305 e. The Balaban J connectivity index is 1.94. The van der Waals surface area contributed by atoms with Crippen LogP contribution in [0.25, 0.3) is 5.57 Å². The number of benzene rings is 1. The lowest BCUT2D eigenvalue weighted by Crippen LogP contribution is -2.32. The van der Waals surface area contributed by atoms with Gasteiger partial charge in [0.05, 0.1) is 30.8 Å². The third kappa shape index (κ3) is 3.24. The normalized spacial score (nSPS) is 19.5. The molecule has 0 aromatic heterocycles. The van der Waals surface area contributed by atoms with Crippen LogP contribution in [0.5, 0.6) is 5.75 Å². The molecule has 0 bridgehead atoms. The van der Waals surface area contributed by atoms with Crippen LogP contribution in [-0.2, 0) is 4.74 Å². The molecule has 0 radical (unpaired) electrons. The number of nitrogens with zero attached hydrogens (tertiary/aromatic N) is 3. The van der Waals surface area contributed by atoms with E-state index in [0.717, 1.165) is 5.56 Å². The van der Waals surface area contributed by atoms with E-state index in [2.05, 4.69) is 4.99 Å². The molecule has 0 unspecified atom stereocenters.